The first-order valence-corrected chi connectivity index (χ1v) is 8.26. The number of hydrogen-bond donors (Lipinski definition) is 3. The molecule has 1 aliphatic rings. The van der Waals surface area contributed by atoms with Crippen molar-refractivity contribution >= 4 is 15.7 Å². The zero-order valence-corrected chi connectivity index (χ0v) is 12.7. The third-order valence-electron chi connectivity index (χ3n) is 3.84. The van der Waals surface area contributed by atoms with E-state index in [0.717, 1.165) is 25.7 Å². The second-order valence-electron chi connectivity index (χ2n) is 6.06. The maximum absolute atomic E-state index is 12.4. The number of pyridine rings is 1. The monoisotopic (exact) mass is 298 g/mol. The fourth-order valence-electron chi connectivity index (χ4n) is 2.51. The molecule has 1 fully saturated rings. The fraction of sp³-hybridized carbons (Fsp3) is 0.615. The number of rotatable bonds is 4. The molecular formula is C13H22N4O2S. The molecule has 1 aromatic rings. The highest BCUT2D eigenvalue weighted by Crippen LogP contribution is 2.35. The van der Waals surface area contributed by atoms with Gasteiger partial charge in [-0.15, -0.1) is 0 Å². The summed E-state index contributed by atoms with van der Waals surface area (Å²) in [5.74, 6) is 5.33. The van der Waals surface area contributed by atoms with Crippen molar-refractivity contribution in [1.29, 1.82) is 0 Å². The molecule has 4 N–H and O–H groups in total. The first-order valence-electron chi connectivity index (χ1n) is 6.78. The summed E-state index contributed by atoms with van der Waals surface area (Å²) in [4.78, 5) is 3.92. The minimum absolute atomic E-state index is 0.0272. The summed E-state index contributed by atoms with van der Waals surface area (Å²) in [7, 11) is -3.64. The molecule has 1 aliphatic carbocycles. The van der Waals surface area contributed by atoms with Gasteiger partial charge in [0.25, 0.3) is 10.0 Å². The Morgan fingerprint density at radius 1 is 1.35 bits per heavy atom. The molecule has 0 aliphatic heterocycles. The van der Waals surface area contributed by atoms with E-state index in [2.05, 4.69) is 29.0 Å². The molecule has 6 nitrogen and oxygen atoms in total. The minimum atomic E-state index is -3.64. The van der Waals surface area contributed by atoms with E-state index >= 15 is 0 Å². The smallest absolute Gasteiger partial charge is 0.260 e. The van der Waals surface area contributed by atoms with Crippen molar-refractivity contribution < 1.29 is 8.42 Å². The molecule has 1 heterocycles. The Morgan fingerprint density at radius 2 is 2.00 bits per heavy atom. The van der Waals surface area contributed by atoms with Gasteiger partial charge in [0.1, 0.15) is 0 Å². The second-order valence-corrected chi connectivity index (χ2v) is 7.69. The average Bonchev–Trinajstić information content (AvgIpc) is 2.41. The highest BCUT2D eigenvalue weighted by molar-refractivity contribution is 7.89. The fourth-order valence-corrected chi connectivity index (χ4v) is 3.91. The van der Waals surface area contributed by atoms with Gasteiger partial charge in [0.15, 0.2) is 5.03 Å². The van der Waals surface area contributed by atoms with Crippen LogP contribution in [0.25, 0.3) is 0 Å². The van der Waals surface area contributed by atoms with Crippen molar-refractivity contribution in [3.8, 4) is 0 Å². The van der Waals surface area contributed by atoms with E-state index < -0.39 is 10.0 Å². The normalized spacial score (nSPS) is 19.8. The van der Waals surface area contributed by atoms with Crippen LogP contribution in [0.15, 0.2) is 23.4 Å². The molecule has 7 heteroatoms. The van der Waals surface area contributed by atoms with Gasteiger partial charge in [0, 0.05) is 12.2 Å². The maximum atomic E-state index is 12.4. The van der Waals surface area contributed by atoms with Gasteiger partial charge in [-0.25, -0.2) is 18.1 Å². The Bertz CT molecular complexity index is 561. The first kappa shape index (κ1) is 15.2. The Labute approximate surface area is 120 Å². The number of nitrogens with one attached hydrogen (secondary N) is 2. The summed E-state index contributed by atoms with van der Waals surface area (Å²) < 4.78 is 27.5. The van der Waals surface area contributed by atoms with Crippen molar-refractivity contribution in [2.45, 2.75) is 50.6 Å². The number of aromatic nitrogens is 1. The SMILES string of the molecule is CC1(C)CCC(NS(=O)(=O)c2ncccc2NN)CC1. The molecule has 0 unspecified atom stereocenters. The molecule has 0 amide bonds. The topological polar surface area (TPSA) is 97.1 Å². The number of nitrogens with two attached hydrogens (primary N) is 1. The Kier molecular flexibility index (Phi) is 4.31. The highest BCUT2D eigenvalue weighted by Gasteiger charge is 2.30. The number of nitrogens with zero attached hydrogens (tertiary/aromatic N) is 1. The number of hydrogen-bond acceptors (Lipinski definition) is 5. The van der Waals surface area contributed by atoms with Crippen LogP contribution in [0.1, 0.15) is 39.5 Å². The van der Waals surface area contributed by atoms with E-state index in [1.54, 1.807) is 12.1 Å². The van der Waals surface area contributed by atoms with E-state index in [-0.39, 0.29) is 11.1 Å². The van der Waals surface area contributed by atoms with Gasteiger partial charge in [0.05, 0.1) is 5.69 Å². The van der Waals surface area contributed by atoms with Gasteiger partial charge in [-0.1, -0.05) is 13.8 Å². The van der Waals surface area contributed by atoms with Crippen LogP contribution in [0.3, 0.4) is 0 Å². The van der Waals surface area contributed by atoms with Gasteiger partial charge in [-0.3, -0.25) is 5.84 Å². The largest absolute Gasteiger partial charge is 0.321 e. The molecule has 20 heavy (non-hydrogen) atoms. The van der Waals surface area contributed by atoms with Gasteiger partial charge >= 0.3 is 0 Å². The molecule has 0 spiro atoms. The van der Waals surface area contributed by atoms with Crippen LogP contribution in [-0.4, -0.2) is 19.4 Å². The predicted molar refractivity (Wildman–Crippen MR) is 78.4 cm³/mol. The number of anilines is 1. The molecule has 0 aromatic carbocycles. The lowest BCUT2D eigenvalue weighted by Gasteiger charge is -2.34. The van der Waals surface area contributed by atoms with Crippen molar-refractivity contribution in [3.63, 3.8) is 0 Å². The van der Waals surface area contributed by atoms with E-state index in [9.17, 15) is 8.42 Å². The van der Waals surface area contributed by atoms with E-state index in [0.29, 0.717) is 11.1 Å². The van der Waals surface area contributed by atoms with Crippen LogP contribution >= 0.6 is 0 Å². The van der Waals surface area contributed by atoms with Crippen LogP contribution in [-0.2, 0) is 10.0 Å². The van der Waals surface area contributed by atoms with Gasteiger partial charge in [-0.05, 0) is 43.2 Å². The molecular weight excluding hydrogens is 276 g/mol. The van der Waals surface area contributed by atoms with Crippen LogP contribution in [0.2, 0.25) is 0 Å². The average molecular weight is 298 g/mol. The summed E-state index contributed by atoms with van der Waals surface area (Å²) in [5, 5.41) is -0.0488. The second kappa shape index (κ2) is 5.67. The van der Waals surface area contributed by atoms with Gasteiger partial charge in [0.2, 0.25) is 0 Å². The summed E-state index contributed by atoms with van der Waals surface area (Å²) >= 11 is 0. The maximum Gasteiger partial charge on any atom is 0.260 e. The van der Waals surface area contributed by atoms with E-state index in [1.165, 1.54) is 6.20 Å². The summed E-state index contributed by atoms with van der Waals surface area (Å²) in [6, 6.07) is 3.20. The number of sulfonamides is 1. The lowest BCUT2D eigenvalue weighted by Crippen LogP contribution is -2.39. The molecule has 1 saturated carbocycles. The molecule has 0 saturated heterocycles. The summed E-state index contributed by atoms with van der Waals surface area (Å²) in [6.45, 7) is 4.43. The van der Waals surface area contributed by atoms with Crippen LogP contribution in [0, 0.1) is 5.41 Å². The number of hydrazine groups is 1. The number of nitrogen functional groups attached to an aromatic ring is 1. The Balaban J connectivity index is 2.12. The van der Waals surface area contributed by atoms with E-state index in [1.807, 2.05) is 0 Å². The Morgan fingerprint density at radius 3 is 2.60 bits per heavy atom. The predicted octanol–water partition coefficient (Wildman–Crippen LogP) is 1.61. The third kappa shape index (κ3) is 3.47. The van der Waals surface area contributed by atoms with Crippen molar-refractivity contribution in [2.24, 2.45) is 11.3 Å². The third-order valence-corrected chi connectivity index (χ3v) is 5.32. The zero-order chi connectivity index (χ0) is 14.8. The minimum Gasteiger partial charge on any atom is -0.321 e. The standard InChI is InChI=1S/C13H22N4O2S/c1-13(2)7-5-10(6-8-13)17-20(18,19)12-11(16-14)4-3-9-15-12/h3-4,9-10,16-17H,5-8,14H2,1-2H3. The van der Waals surface area contributed by atoms with Crippen molar-refractivity contribution in [1.82, 2.24) is 9.71 Å². The van der Waals surface area contributed by atoms with Crippen LogP contribution < -0.4 is 16.0 Å². The summed E-state index contributed by atoms with van der Waals surface area (Å²) in [5.41, 5.74) is 2.97. The molecule has 0 radical (unpaired) electrons. The molecule has 0 atom stereocenters. The lowest BCUT2D eigenvalue weighted by atomic mass is 9.76. The van der Waals surface area contributed by atoms with Gasteiger partial charge in [-0.2, -0.15) is 0 Å². The first-order chi connectivity index (χ1) is 9.34. The highest BCUT2D eigenvalue weighted by atomic mass is 32.2. The van der Waals surface area contributed by atoms with Crippen molar-refractivity contribution in [3.05, 3.63) is 18.3 Å². The van der Waals surface area contributed by atoms with Gasteiger partial charge < -0.3 is 5.43 Å². The quantitative estimate of drug-likeness (QED) is 0.579. The lowest BCUT2D eigenvalue weighted by molar-refractivity contribution is 0.218. The van der Waals surface area contributed by atoms with Crippen molar-refractivity contribution in [2.75, 3.05) is 5.43 Å². The molecule has 2 rings (SSSR count). The van der Waals surface area contributed by atoms with Crippen LogP contribution in [0.5, 0.6) is 0 Å². The molecule has 1 aromatic heterocycles. The van der Waals surface area contributed by atoms with Crippen LogP contribution in [0.4, 0.5) is 5.69 Å². The summed E-state index contributed by atoms with van der Waals surface area (Å²) in [6.07, 6.45) is 5.18. The molecule has 0 bridgehead atoms. The van der Waals surface area contributed by atoms with E-state index in [4.69, 9.17) is 5.84 Å². The molecule has 112 valence electrons. The Hall–Kier alpha value is -1.18. The zero-order valence-electron chi connectivity index (χ0n) is 11.9.